The first kappa shape index (κ1) is 15.1. The van der Waals surface area contributed by atoms with Crippen molar-refractivity contribution in [2.45, 2.75) is 39.3 Å². The fourth-order valence-electron chi connectivity index (χ4n) is 1.45. The smallest absolute Gasteiger partial charge is 0.240 e. The van der Waals surface area contributed by atoms with Crippen molar-refractivity contribution in [3.05, 3.63) is 15.6 Å². The maximum absolute atomic E-state index is 11.9. The molecule has 0 aliphatic heterocycles. The second-order valence-corrected chi connectivity index (χ2v) is 6.04. The molecule has 1 aromatic rings. The molecule has 0 fully saturated rings. The van der Waals surface area contributed by atoms with Gasteiger partial charge < -0.3 is 15.8 Å². The maximum atomic E-state index is 11.9. The van der Waals surface area contributed by atoms with Crippen molar-refractivity contribution in [3.8, 4) is 0 Å². The van der Waals surface area contributed by atoms with Crippen LogP contribution in [-0.2, 0) is 15.1 Å². The number of amides is 1. The largest absolute Gasteiger partial charge is 0.383 e. The lowest BCUT2D eigenvalue weighted by atomic mass is 10.1. The molecule has 1 atom stereocenters. The van der Waals surface area contributed by atoms with E-state index in [1.807, 2.05) is 27.7 Å². The van der Waals surface area contributed by atoms with Gasteiger partial charge in [0.15, 0.2) is 0 Å². The summed E-state index contributed by atoms with van der Waals surface area (Å²) in [6, 6.07) is -0.656. The van der Waals surface area contributed by atoms with E-state index in [4.69, 9.17) is 10.5 Å². The predicted octanol–water partition coefficient (Wildman–Crippen LogP) is 1.08. The highest BCUT2D eigenvalue weighted by Crippen LogP contribution is 2.27. The van der Waals surface area contributed by atoms with E-state index in [-0.39, 0.29) is 12.5 Å². The van der Waals surface area contributed by atoms with E-state index in [9.17, 15) is 4.79 Å². The number of hydrogen-bond donors (Lipinski definition) is 2. The summed E-state index contributed by atoms with van der Waals surface area (Å²) >= 11 is 1.59. The Hall–Kier alpha value is -0.980. The SMILES string of the molecule is COCC(N)C(=O)NC(C)(C)c1nc(C)c(C)s1. The maximum Gasteiger partial charge on any atom is 0.240 e. The third-order valence-corrected chi connectivity index (χ3v) is 4.08. The zero-order valence-electron chi connectivity index (χ0n) is 11.5. The first-order valence-corrected chi connectivity index (χ1v) is 6.60. The third-order valence-electron chi connectivity index (χ3n) is 2.68. The number of carbonyl (C=O) groups excluding carboxylic acids is 1. The summed E-state index contributed by atoms with van der Waals surface area (Å²) in [5.41, 5.74) is 6.17. The van der Waals surface area contributed by atoms with Crippen molar-refractivity contribution < 1.29 is 9.53 Å². The van der Waals surface area contributed by atoms with Gasteiger partial charge in [0.05, 0.1) is 17.8 Å². The molecule has 0 spiro atoms. The predicted molar refractivity (Wildman–Crippen MR) is 72.6 cm³/mol. The standard InChI is InChI=1S/C12H21N3O2S/c1-7-8(2)18-11(14-7)12(3,4)15-10(16)9(13)6-17-5/h9H,6,13H2,1-5H3,(H,15,16). The molecule has 0 saturated carbocycles. The summed E-state index contributed by atoms with van der Waals surface area (Å²) in [7, 11) is 1.52. The van der Waals surface area contributed by atoms with E-state index < -0.39 is 11.6 Å². The van der Waals surface area contributed by atoms with Crippen molar-refractivity contribution in [1.29, 1.82) is 0 Å². The van der Waals surface area contributed by atoms with Gasteiger partial charge in [-0.2, -0.15) is 0 Å². The Balaban J connectivity index is 2.78. The second kappa shape index (κ2) is 5.77. The summed E-state index contributed by atoms with van der Waals surface area (Å²) in [5.74, 6) is -0.229. The topological polar surface area (TPSA) is 77.2 Å². The lowest BCUT2D eigenvalue weighted by Crippen LogP contribution is -2.50. The minimum absolute atomic E-state index is 0.206. The van der Waals surface area contributed by atoms with E-state index in [1.165, 1.54) is 7.11 Å². The van der Waals surface area contributed by atoms with E-state index in [1.54, 1.807) is 11.3 Å². The van der Waals surface area contributed by atoms with Crippen molar-refractivity contribution in [2.75, 3.05) is 13.7 Å². The van der Waals surface area contributed by atoms with Crippen LogP contribution in [0.3, 0.4) is 0 Å². The summed E-state index contributed by atoms with van der Waals surface area (Å²) < 4.78 is 4.87. The van der Waals surface area contributed by atoms with Gasteiger partial charge in [0.2, 0.25) is 5.91 Å². The quantitative estimate of drug-likeness (QED) is 0.840. The summed E-state index contributed by atoms with van der Waals surface area (Å²) in [5, 5.41) is 3.79. The van der Waals surface area contributed by atoms with E-state index >= 15 is 0 Å². The van der Waals surface area contributed by atoms with Crippen molar-refractivity contribution in [1.82, 2.24) is 10.3 Å². The highest BCUT2D eigenvalue weighted by atomic mass is 32.1. The lowest BCUT2D eigenvalue weighted by Gasteiger charge is -2.25. The van der Waals surface area contributed by atoms with Crippen molar-refractivity contribution in [2.24, 2.45) is 5.73 Å². The third kappa shape index (κ3) is 3.51. The van der Waals surface area contributed by atoms with Crippen LogP contribution >= 0.6 is 11.3 Å². The molecule has 3 N–H and O–H groups in total. The summed E-state index contributed by atoms with van der Waals surface area (Å²) in [4.78, 5) is 17.5. The fourth-order valence-corrected chi connectivity index (χ4v) is 2.42. The van der Waals surface area contributed by atoms with Crippen LogP contribution in [0.1, 0.15) is 29.4 Å². The average Bonchev–Trinajstić information content (AvgIpc) is 2.60. The summed E-state index contributed by atoms with van der Waals surface area (Å²) in [6.45, 7) is 8.02. The average molecular weight is 271 g/mol. The monoisotopic (exact) mass is 271 g/mol. The molecule has 6 heteroatoms. The number of carbonyl (C=O) groups is 1. The van der Waals surface area contributed by atoms with E-state index in [2.05, 4.69) is 10.3 Å². The molecule has 0 saturated heterocycles. The van der Waals surface area contributed by atoms with Gasteiger partial charge in [0.25, 0.3) is 0 Å². The molecule has 0 aliphatic rings. The summed E-state index contributed by atoms with van der Waals surface area (Å²) in [6.07, 6.45) is 0. The van der Waals surface area contributed by atoms with Gasteiger partial charge in [-0.25, -0.2) is 4.98 Å². The Labute approximate surface area is 112 Å². The molecular formula is C12H21N3O2S. The van der Waals surface area contributed by atoms with Crippen LogP contribution in [0.4, 0.5) is 0 Å². The molecule has 1 aromatic heterocycles. The number of nitrogens with two attached hydrogens (primary N) is 1. The highest BCUT2D eigenvalue weighted by molar-refractivity contribution is 7.11. The molecule has 1 amide bonds. The molecule has 0 bridgehead atoms. The zero-order chi connectivity index (χ0) is 13.9. The molecule has 0 aromatic carbocycles. The lowest BCUT2D eigenvalue weighted by molar-refractivity contribution is -0.125. The van der Waals surface area contributed by atoms with Gasteiger partial charge in [0, 0.05) is 12.0 Å². The van der Waals surface area contributed by atoms with E-state index in [0.717, 1.165) is 15.6 Å². The number of methoxy groups -OCH3 is 1. The Kier molecular flexibility index (Phi) is 4.84. The Bertz CT molecular complexity index is 409. The molecule has 0 aliphatic carbocycles. The van der Waals surface area contributed by atoms with Crippen LogP contribution in [0.15, 0.2) is 0 Å². The number of aromatic nitrogens is 1. The normalized spacial score (nSPS) is 13.4. The van der Waals surface area contributed by atoms with Crippen LogP contribution in [-0.4, -0.2) is 30.6 Å². The van der Waals surface area contributed by atoms with Crippen molar-refractivity contribution in [3.63, 3.8) is 0 Å². The Morgan fingerprint density at radius 1 is 1.56 bits per heavy atom. The van der Waals surface area contributed by atoms with Crippen LogP contribution in [0.25, 0.3) is 0 Å². The number of thiazole rings is 1. The minimum atomic E-state index is -0.656. The van der Waals surface area contributed by atoms with Gasteiger partial charge >= 0.3 is 0 Å². The van der Waals surface area contributed by atoms with Crippen LogP contribution in [0.5, 0.6) is 0 Å². The van der Waals surface area contributed by atoms with Crippen LogP contribution in [0.2, 0.25) is 0 Å². The molecule has 5 nitrogen and oxygen atoms in total. The van der Waals surface area contributed by atoms with Gasteiger partial charge in [-0.05, 0) is 27.7 Å². The van der Waals surface area contributed by atoms with Crippen LogP contribution in [0, 0.1) is 13.8 Å². The molecule has 1 heterocycles. The van der Waals surface area contributed by atoms with Crippen LogP contribution < -0.4 is 11.1 Å². The molecule has 18 heavy (non-hydrogen) atoms. The van der Waals surface area contributed by atoms with Gasteiger partial charge in [-0.1, -0.05) is 0 Å². The molecule has 1 rings (SSSR count). The number of ether oxygens (including phenoxy) is 1. The molecule has 0 radical (unpaired) electrons. The van der Waals surface area contributed by atoms with Crippen molar-refractivity contribution >= 4 is 17.2 Å². The highest BCUT2D eigenvalue weighted by Gasteiger charge is 2.28. The number of aryl methyl sites for hydroxylation is 2. The first-order valence-electron chi connectivity index (χ1n) is 5.79. The minimum Gasteiger partial charge on any atom is -0.383 e. The Morgan fingerprint density at radius 2 is 2.17 bits per heavy atom. The van der Waals surface area contributed by atoms with E-state index in [0.29, 0.717) is 0 Å². The fraction of sp³-hybridized carbons (Fsp3) is 0.667. The number of rotatable bonds is 5. The number of nitrogens with one attached hydrogen (secondary N) is 1. The number of nitrogens with zero attached hydrogens (tertiary/aromatic N) is 1. The van der Waals surface area contributed by atoms with Gasteiger partial charge in [0.1, 0.15) is 11.0 Å². The first-order chi connectivity index (χ1) is 8.27. The Morgan fingerprint density at radius 3 is 2.61 bits per heavy atom. The van der Waals surface area contributed by atoms with Gasteiger partial charge in [-0.3, -0.25) is 4.79 Å². The molecular weight excluding hydrogens is 250 g/mol. The number of hydrogen-bond acceptors (Lipinski definition) is 5. The molecule has 1 unspecified atom stereocenters. The molecule has 102 valence electrons. The van der Waals surface area contributed by atoms with Gasteiger partial charge in [-0.15, -0.1) is 11.3 Å². The second-order valence-electron chi connectivity index (χ2n) is 4.84. The zero-order valence-corrected chi connectivity index (χ0v) is 12.4.